The Balaban J connectivity index is 1.66. The molecule has 4 rings (SSSR count). The lowest BCUT2D eigenvalue weighted by molar-refractivity contribution is -0.137. The molecule has 0 bridgehead atoms. The summed E-state index contributed by atoms with van der Waals surface area (Å²) in [4.78, 5) is 16.0. The van der Waals surface area contributed by atoms with E-state index >= 15 is 0 Å². The minimum absolute atomic E-state index is 0.00399. The Bertz CT molecular complexity index is 1250. The number of carbonyl (C=O) groups is 1. The zero-order valence-corrected chi connectivity index (χ0v) is 17.2. The summed E-state index contributed by atoms with van der Waals surface area (Å²) in [5.41, 5.74) is -0.264. The molecule has 0 saturated heterocycles. The lowest BCUT2D eigenvalue weighted by atomic mass is 10.2. The van der Waals surface area contributed by atoms with E-state index in [1.807, 2.05) is 0 Å². The first kappa shape index (κ1) is 21.6. The number of benzene rings is 2. The number of hydrogen-bond acceptors (Lipinski definition) is 5. The van der Waals surface area contributed by atoms with Crippen LogP contribution in [-0.4, -0.2) is 32.5 Å². The number of sulfonamides is 1. The molecule has 32 heavy (non-hydrogen) atoms. The lowest BCUT2D eigenvalue weighted by Gasteiger charge is -2.22. The smallest absolute Gasteiger partial charge is 0.416 e. The van der Waals surface area contributed by atoms with Crippen LogP contribution in [0.2, 0.25) is 0 Å². The number of halogens is 3. The summed E-state index contributed by atoms with van der Waals surface area (Å²) in [7, 11) is -4.18. The summed E-state index contributed by atoms with van der Waals surface area (Å²) >= 11 is 0. The SMILES string of the molecule is O=C(Nc1ccc2c(c1)S(=O)(=O)N(c1ccc(C(F)(F)F)cc1)CCO2)c1ccncc1. The monoisotopic (exact) mass is 463 g/mol. The molecule has 0 unspecified atom stereocenters. The molecule has 1 N–H and O–H groups in total. The van der Waals surface area contributed by atoms with Crippen molar-refractivity contribution in [3.63, 3.8) is 0 Å². The first-order valence-electron chi connectivity index (χ1n) is 9.34. The average molecular weight is 463 g/mol. The predicted octanol–water partition coefficient (Wildman–Crippen LogP) is 3.94. The molecule has 1 aliphatic rings. The van der Waals surface area contributed by atoms with Gasteiger partial charge in [0, 0.05) is 23.6 Å². The number of nitrogens with zero attached hydrogens (tertiary/aromatic N) is 2. The Kier molecular flexibility index (Phi) is 5.51. The highest BCUT2D eigenvalue weighted by molar-refractivity contribution is 7.93. The number of carbonyl (C=O) groups excluding carboxylic acids is 1. The highest BCUT2D eigenvalue weighted by atomic mass is 32.2. The van der Waals surface area contributed by atoms with Crippen LogP contribution in [0, 0.1) is 0 Å². The van der Waals surface area contributed by atoms with Crippen LogP contribution in [-0.2, 0) is 16.2 Å². The van der Waals surface area contributed by atoms with Gasteiger partial charge in [-0.25, -0.2) is 8.42 Å². The number of nitrogens with one attached hydrogen (secondary N) is 1. The van der Waals surface area contributed by atoms with Crippen molar-refractivity contribution in [1.82, 2.24) is 4.98 Å². The van der Waals surface area contributed by atoms with E-state index in [1.54, 1.807) is 0 Å². The minimum Gasteiger partial charge on any atom is -0.490 e. The van der Waals surface area contributed by atoms with Crippen molar-refractivity contribution in [3.8, 4) is 5.75 Å². The van der Waals surface area contributed by atoms with Crippen molar-refractivity contribution < 1.29 is 31.1 Å². The maximum Gasteiger partial charge on any atom is 0.416 e. The fourth-order valence-electron chi connectivity index (χ4n) is 3.18. The van der Waals surface area contributed by atoms with Crippen LogP contribution < -0.4 is 14.4 Å². The molecule has 3 aromatic rings. The van der Waals surface area contributed by atoms with E-state index in [1.165, 1.54) is 42.7 Å². The predicted molar refractivity (Wildman–Crippen MR) is 110 cm³/mol. The number of anilines is 2. The molecular formula is C21H16F3N3O4S. The van der Waals surface area contributed by atoms with Crippen LogP contribution in [0.3, 0.4) is 0 Å². The first-order chi connectivity index (χ1) is 15.2. The molecule has 166 valence electrons. The van der Waals surface area contributed by atoms with E-state index in [0.29, 0.717) is 5.56 Å². The molecule has 1 aromatic heterocycles. The van der Waals surface area contributed by atoms with E-state index in [9.17, 15) is 26.4 Å². The van der Waals surface area contributed by atoms with Gasteiger partial charge in [-0.15, -0.1) is 0 Å². The van der Waals surface area contributed by atoms with E-state index in [0.717, 1.165) is 28.6 Å². The normalized spacial score (nSPS) is 15.3. The molecule has 1 amide bonds. The summed E-state index contributed by atoms with van der Waals surface area (Å²) < 4.78 is 71.7. The van der Waals surface area contributed by atoms with Gasteiger partial charge in [0.05, 0.1) is 17.8 Å². The molecule has 0 aliphatic carbocycles. The maximum absolute atomic E-state index is 13.3. The Morgan fingerprint density at radius 2 is 1.72 bits per heavy atom. The van der Waals surface area contributed by atoms with E-state index < -0.39 is 27.7 Å². The quantitative estimate of drug-likeness (QED) is 0.636. The third-order valence-corrected chi connectivity index (χ3v) is 6.60. The van der Waals surface area contributed by atoms with Crippen molar-refractivity contribution in [1.29, 1.82) is 0 Å². The van der Waals surface area contributed by atoms with Gasteiger partial charge >= 0.3 is 6.18 Å². The molecule has 2 aromatic carbocycles. The summed E-state index contributed by atoms with van der Waals surface area (Å²) in [6, 6.07) is 11.0. The number of pyridine rings is 1. The second-order valence-electron chi connectivity index (χ2n) is 6.82. The van der Waals surface area contributed by atoms with Crippen molar-refractivity contribution in [3.05, 3.63) is 78.1 Å². The lowest BCUT2D eigenvalue weighted by Crippen LogP contribution is -2.32. The maximum atomic E-state index is 13.3. The van der Waals surface area contributed by atoms with Gasteiger partial charge < -0.3 is 10.1 Å². The van der Waals surface area contributed by atoms with Gasteiger partial charge in [-0.2, -0.15) is 13.2 Å². The number of ether oxygens (including phenoxy) is 1. The fourth-order valence-corrected chi connectivity index (χ4v) is 4.78. The molecule has 0 spiro atoms. The molecule has 7 nitrogen and oxygen atoms in total. The number of rotatable bonds is 3. The van der Waals surface area contributed by atoms with Gasteiger partial charge in [-0.1, -0.05) is 0 Å². The average Bonchev–Trinajstić information content (AvgIpc) is 2.89. The van der Waals surface area contributed by atoms with E-state index in [2.05, 4.69) is 10.3 Å². The number of amides is 1. The van der Waals surface area contributed by atoms with Crippen molar-refractivity contribution in [2.24, 2.45) is 0 Å². The van der Waals surface area contributed by atoms with Crippen LogP contribution in [0.25, 0.3) is 0 Å². The van der Waals surface area contributed by atoms with Gasteiger partial charge in [0.2, 0.25) is 0 Å². The van der Waals surface area contributed by atoms with Crippen LogP contribution in [0.1, 0.15) is 15.9 Å². The Morgan fingerprint density at radius 3 is 2.38 bits per heavy atom. The summed E-state index contributed by atoms with van der Waals surface area (Å²) in [5.74, 6) is -0.375. The van der Waals surface area contributed by atoms with Gasteiger partial charge in [-0.3, -0.25) is 14.1 Å². The second-order valence-corrected chi connectivity index (χ2v) is 8.65. The van der Waals surface area contributed by atoms with Gasteiger partial charge in [0.1, 0.15) is 17.3 Å². The van der Waals surface area contributed by atoms with Crippen molar-refractivity contribution in [2.75, 3.05) is 22.8 Å². The largest absolute Gasteiger partial charge is 0.490 e. The molecule has 0 fully saturated rings. The molecule has 0 saturated carbocycles. The third-order valence-electron chi connectivity index (χ3n) is 4.75. The molecular weight excluding hydrogens is 447 g/mol. The zero-order chi connectivity index (χ0) is 22.9. The number of hydrogen-bond donors (Lipinski definition) is 1. The van der Waals surface area contributed by atoms with Crippen molar-refractivity contribution >= 4 is 27.3 Å². The Labute approximate surface area is 181 Å². The van der Waals surface area contributed by atoms with Crippen LogP contribution in [0.5, 0.6) is 5.75 Å². The summed E-state index contributed by atoms with van der Waals surface area (Å²) in [6.45, 7) is -0.100. The molecule has 11 heteroatoms. The molecule has 1 aliphatic heterocycles. The summed E-state index contributed by atoms with van der Waals surface area (Å²) in [6.07, 6.45) is -1.63. The standard InChI is InChI=1S/C21H16F3N3O4S/c22-21(23,24)15-1-4-17(5-2-15)27-11-12-31-18-6-3-16(13-19(18)32(27,29)30)26-20(28)14-7-9-25-10-8-14/h1-10,13H,11-12H2,(H,26,28). The van der Waals surface area contributed by atoms with E-state index in [-0.39, 0.29) is 35.2 Å². The second kappa shape index (κ2) is 8.15. The fraction of sp³-hybridized carbons (Fsp3) is 0.143. The molecule has 0 atom stereocenters. The van der Waals surface area contributed by atoms with Gasteiger partial charge in [0.25, 0.3) is 15.9 Å². The van der Waals surface area contributed by atoms with Crippen LogP contribution >= 0.6 is 0 Å². The molecule has 2 heterocycles. The van der Waals surface area contributed by atoms with Crippen LogP contribution in [0.4, 0.5) is 24.5 Å². The Morgan fingerprint density at radius 1 is 1.03 bits per heavy atom. The van der Waals surface area contributed by atoms with Crippen LogP contribution in [0.15, 0.2) is 71.9 Å². The Hall–Kier alpha value is -3.60. The van der Waals surface area contributed by atoms with E-state index in [4.69, 9.17) is 4.74 Å². The topological polar surface area (TPSA) is 88.6 Å². The van der Waals surface area contributed by atoms with Crippen molar-refractivity contribution in [2.45, 2.75) is 11.1 Å². The minimum atomic E-state index is -4.53. The highest BCUT2D eigenvalue weighted by Gasteiger charge is 2.33. The van der Waals surface area contributed by atoms with Gasteiger partial charge in [0.15, 0.2) is 0 Å². The number of aromatic nitrogens is 1. The van der Waals surface area contributed by atoms with Gasteiger partial charge in [-0.05, 0) is 54.6 Å². The number of fused-ring (bicyclic) bond motifs is 1. The highest BCUT2D eigenvalue weighted by Crippen LogP contribution is 2.36. The molecule has 0 radical (unpaired) electrons. The first-order valence-corrected chi connectivity index (χ1v) is 10.8. The summed E-state index contributed by atoms with van der Waals surface area (Å²) in [5, 5.41) is 2.61. The third kappa shape index (κ3) is 4.24. The zero-order valence-electron chi connectivity index (χ0n) is 16.3. The number of alkyl halides is 3.